The van der Waals surface area contributed by atoms with Gasteiger partial charge in [0.2, 0.25) is 0 Å². The molecule has 4 aliphatic heterocycles. The van der Waals surface area contributed by atoms with Gasteiger partial charge in [-0.25, -0.2) is 19.4 Å². The van der Waals surface area contributed by atoms with E-state index in [0.29, 0.717) is 0 Å². The summed E-state index contributed by atoms with van der Waals surface area (Å²) in [6, 6.07) is 4.01. The number of carbonyl (C=O) groups excluding carboxylic acids is 5. The second kappa shape index (κ2) is 20.9. The number of amides is 4. The Morgan fingerprint density at radius 1 is 0.719 bits per heavy atom. The molecule has 0 aromatic heterocycles. The van der Waals surface area contributed by atoms with Gasteiger partial charge < -0.3 is 53.1 Å². The maximum Gasteiger partial charge on any atom is 0.416 e. The topological polar surface area (TPSA) is 203 Å². The zero-order valence-electron chi connectivity index (χ0n) is 36.1. The molecule has 4 aliphatic rings. The maximum atomic E-state index is 14.1. The number of hydrogen-bond donors (Lipinski definition) is 2. The molecule has 4 heterocycles. The highest BCUT2D eigenvalue weighted by atomic mass is 16.6. The van der Waals surface area contributed by atoms with Crippen molar-refractivity contribution in [2.45, 2.75) is 64.0 Å². The Morgan fingerprint density at radius 2 is 1.19 bits per heavy atom. The molecule has 0 saturated heterocycles. The first-order chi connectivity index (χ1) is 30.9. The number of ether oxygens (including phenoxy) is 6. The van der Waals surface area contributed by atoms with Gasteiger partial charge in [0.1, 0.15) is 13.2 Å². The zero-order valence-corrected chi connectivity index (χ0v) is 36.1. The normalized spacial score (nSPS) is 20.0. The van der Waals surface area contributed by atoms with Crippen LogP contribution in [0.3, 0.4) is 0 Å². The smallest absolute Gasteiger partial charge is 0.416 e. The first-order valence-corrected chi connectivity index (χ1v) is 20.6. The molecule has 64 heavy (non-hydrogen) atoms. The summed E-state index contributed by atoms with van der Waals surface area (Å²) in [7, 11) is 2.42. The van der Waals surface area contributed by atoms with Gasteiger partial charge in [-0.15, -0.1) is 0 Å². The van der Waals surface area contributed by atoms with Crippen LogP contribution in [0.4, 0.5) is 21.0 Å². The molecule has 338 valence electrons. The van der Waals surface area contributed by atoms with E-state index >= 15 is 0 Å². The van der Waals surface area contributed by atoms with Crippen molar-refractivity contribution in [3.8, 4) is 23.0 Å². The average Bonchev–Trinajstić information content (AvgIpc) is 3.88. The number of aliphatic hydroxyl groups excluding tert-OH is 2. The van der Waals surface area contributed by atoms with Crippen molar-refractivity contribution >= 4 is 48.8 Å². The minimum atomic E-state index is -1.57. The van der Waals surface area contributed by atoms with E-state index in [0.717, 1.165) is 20.9 Å². The molecule has 19 heteroatoms. The van der Waals surface area contributed by atoms with Crippen LogP contribution < -0.4 is 28.7 Å². The summed E-state index contributed by atoms with van der Waals surface area (Å²) < 4.78 is 39.2. The minimum absolute atomic E-state index is 0.00902. The van der Waals surface area contributed by atoms with Gasteiger partial charge in [-0.05, 0) is 50.0 Å². The quantitative estimate of drug-likeness (QED) is 0.0695. The molecule has 0 unspecified atom stereocenters. The van der Waals surface area contributed by atoms with E-state index in [2.05, 4.69) is 13.2 Å². The Morgan fingerprint density at radius 3 is 1.64 bits per heavy atom. The second-order valence-corrected chi connectivity index (χ2v) is 14.7. The molecule has 0 fully saturated rings. The summed E-state index contributed by atoms with van der Waals surface area (Å²) in [4.78, 5) is 72.1. The van der Waals surface area contributed by atoms with E-state index in [9.17, 15) is 34.2 Å². The molecule has 4 atom stereocenters. The zero-order chi connectivity index (χ0) is 46.1. The molecule has 0 bridgehead atoms. The summed E-state index contributed by atoms with van der Waals surface area (Å²) in [5.74, 6) is -0.985. The predicted octanol–water partition coefficient (Wildman–Crippen LogP) is 5.14. The third kappa shape index (κ3) is 9.64. The SMILES string of the molecule is C=CCOC(=O)CBOC(=O)N1c2cc(OCCCOc3cc4c(cc3OC)C(=O)N3C=C(/C=C/C)C[C@H]3[C@H](O)N4C(=O)OCC=C)c(OC)cc2C(=O)N2C=C(/C=C/C)C[C@H]2[C@@H]1O. The van der Waals surface area contributed by atoms with E-state index in [1.54, 1.807) is 24.6 Å². The molecule has 0 aliphatic carbocycles. The molecule has 2 N–H and O–H groups in total. The molecule has 18 nitrogen and oxygen atoms in total. The van der Waals surface area contributed by atoms with Crippen molar-refractivity contribution in [1.29, 1.82) is 0 Å². The molecular weight excluding hydrogens is 831 g/mol. The van der Waals surface area contributed by atoms with Crippen molar-refractivity contribution < 1.29 is 67.3 Å². The third-order valence-electron chi connectivity index (χ3n) is 10.6. The Balaban J connectivity index is 1.23. The highest BCUT2D eigenvalue weighted by molar-refractivity contribution is 6.36. The van der Waals surface area contributed by atoms with Gasteiger partial charge in [-0.1, -0.05) is 49.6 Å². The van der Waals surface area contributed by atoms with E-state index in [4.69, 9.17) is 33.1 Å². The van der Waals surface area contributed by atoms with Gasteiger partial charge in [0.05, 0.1) is 68.3 Å². The number of allylic oxidation sites excluding steroid dienone is 4. The van der Waals surface area contributed by atoms with Crippen LogP contribution in [0.15, 0.2) is 97.4 Å². The van der Waals surface area contributed by atoms with Crippen LogP contribution in [-0.4, -0.2) is 123 Å². The van der Waals surface area contributed by atoms with Crippen molar-refractivity contribution in [2.75, 3.05) is 50.4 Å². The van der Waals surface area contributed by atoms with E-state index in [1.807, 2.05) is 26.0 Å². The molecular formula is C45H51BN4O14. The van der Waals surface area contributed by atoms with Gasteiger partial charge in [-0.2, -0.15) is 0 Å². The Bertz CT molecular complexity index is 2290. The fourth-order valence-electron chi connectivity index (χ4n) is 7.74. The number of esters is 1. The van der Waals surface area contributed by atoms with Crippen molar-refractivity contribution in [3.05, 3.63) is 109 Å². The first kappa shape index (κ1) is 46.5. The van der Waals surface area contributed by atoms with Crippen molar-refractivity contribution in [1.82, 2.24) is 9.80 Å². The Hall–Kier alpha value is -6.99. The first-order valence-electron chi connectivity index (χ1n) is 20.6. The molecule has 2 aromatic rings. The Kier molecular flexibility index (Phi) is 15.2. The lowest BCUT2D eigenvalue weighted by molar-refractivity contribution is -0.139. The largest absolute Gasteiger partial charge is 0.523 e. The summed E-state index contributed by atoms with van der Waals surface area (Å²) in [5, 5.41) is 23.4. The Labute approximate surface area is 371 Å². The van der Waals surface area contributed by atoms with Crippen LogP contribution in [0.25, 0.3) is 0 Å². The molecule has 6 rings (SSSR count). The van der Waals surface area contributed by atoms with E-state index < -0.39 is 54.5 Å². The molecule has 2 aromatic carbocycles. The van der Waals surface area contributed by atoms with Crippen LogP contribution in [0.1, 0.15) is 53.8 Å². The number of methoxy groups -OCH3 is 2. The minimum Gasteiger partial charge on any atom is -0.523 e. The van der Waals surface area contributed by atoms with Gasteiger partial charge >= 0.3 is 25.6 Å². The number of benzene rings is 2. The van der Waals surface area contributed by atoms with E-state index in [-0.39, 0.29) is 105 Å². The number of fused-ring (bicyclic) bond motifs is 4. The molecule has 4 amide bonds. The highest BCUT2D eigenvalue weighted by Gasteiger charge is 2.47. The standard InChI is InChI=1S/C45H51BN4O14/c1-7-12-27-18-33-42(54)49(44(56)63-15-10-4)31-22-37(35(58-5)20-29(31)40(52)47(33)25-27)60-16-11-17-61-38-23-32-30(21-36(38)59-6)41(53)48-26-28(13-8-2)19-34(48)43(55)50(32)45(57)64-46-24-39(51)62-14-9-3/h7-10,12-13,20-23,25-26,33-34,42-43,46,54-55H,3-4,11,14-19,24H2,1-2,5-6H3/b12-7+,13-8+/t33-,34-,42-,43-/m0/s1. The molecule has 0 radical (unpaired) electrons. The lowest BCUT2D eigenvalue weighted by Crippen LogP contribution is -2.50. The third-order valence-corrected chi connectivity index (χ3v) is 10.6. The van der Waals surface area contributed by atoms with Gasteiger partial charge in [-0.3, -0.25) is 14.4 Å². The van der Waals surface area contributed by atoms with Gasteiger partial charge in [0, 0.05) is 31.0 Å². The highest BCUT2D eigenvalue weighted by Crippen LogP contribution is 2.44. The number of aliphatic hydroxyl groups is 2. The summed E-state index contributed by atoms with van der Waals surface area (Å²) in [5.41, 5.74) is 1.66. The summed E-state index contributed by atoms with van der Waals surface area (Å²) in [6.45, 7) is 10.6. The predicted molar refractivity (Wildman–Crippen MR) is 235 cm³/mol. The summed E-state index contributed by atoms with van der Waals surface area (Å²) in [6.07, 6.45) is 8.83. The second-order valence-electron chi connectivity index (χ2n) is 14.7. The van der Waals surface area contributed by atoms with E-state index in [1.165, 1.54) is 60.4 Å². The van der Waals surface area contributed by atoms with Crippen molar-refractivity contribution in [3.63, 3.8) is 0 Å². The number of anilines is 2. The van der Waals surface area contributed by atoms with Crippen LogP contribution >= 0.6 is 0 Å². The number of carbonyl (C=O) groups is 5. The number of nitrogens with zero attached hydrogens (tertiary/aromatic N) is 4. The van der Waals surface area contributed by atoms with Crippen LogP contribution in [-0.2, 0) is 18.9 Å². The maximum absolute atomic E-state index is 14.1. The van der Waals surface area contributed by atoms with Gasteiger partial charge in [0.25, 0.3) is 11.8 Å². The lowest BCUT2D eigenvalue weighted by atomic mass is 9.96. The molecule has 0 saturated carbocycles. The lowest BCUT2D eigenvalue weighted by Gasteiger charge is -2.31. The monoisotopic (exact) mass is 882 g/mol. The van der Waals surface area contributed by atoms with Gasteiger partial charge in [0.15, 0.2) is 35.5 Å². The van der Waals surface area contributed by atoms with Crippen LogP contribution in [0.2, 0.25) is 6.32 Å². The van der Waals surface area contributed by atoms with Crippen LogP contribution in [0, 0.1) is 0 Å². The number of rotatable bonds is 17. The van der Waals surface area contributed by atoms with Crippen LogP contribution in [0.5, 0.6) is 23.0 Å². The summed E-state index contributed by atoms with van der Waals surface area (Å²) >= 11 is 0. The average molecular weight is 883 g/mol. The number of hydrogen-bond acceptors (Lipinski definition) is 14. The van der Waals surface area contributed by atoms with Crippen molar-refractivity contribution in [2.24, 2.45) is 0 Å². The fourth-order valence-corrected chi connectivity index (χ4v) is 7.74. The molecule has 0 spiro atoms. The fraction of sp³-hybridized carbons (Fsp3) is 0.356.